The minimum absolute atomic E-state index is 0.0722. The highest BCUT2D eigenvalue weighted by Crippen LogP contribution is 2.18. The topological polar surface area (TPSA) is 64.6 Å². The Hall–Kier alpha value is -2.14. The summed E-state index contributed by atoms with van der Waals surface area (Å²) in [7, 11) is 2.79. The van der Waals surface area contributed by atoms with Gasteiger partial charge >= 0.3 is 11.9 Å². The van der Waals surface area contributed by atoms with E-state index in [1.54, 1.807) is 6.07 Å². The van der Waals surface area contributed by atoms with E-state index in [4.69, 9.17) is 9.47 Å². The van der Waals surface area contributed by atoms with Crippen molar-refractivity contribution in [2.45, 2.75) is 18.9 Å². The molecule has 22 heavy (non-hydrogen) atoms. The van der Waals surface area contributed by atoms with E-state index in [1.165, 1.54) is 14.2 Å². The molecule has 5 nitrogen and oxygen atoms in total. The number of rotatable bonds is 4. The second kappa shape index (κ2) is 7.75. The van der Waals surface area contributed by atoms with Gasteiger partial charge in [-0.25, -0.2) is 4.79 Å². The van der Waals surface area contributed by atoms with Crippen LogP contribution in [0.1, 0.15) is 28.8 Å². The van der Waals surface area contributed by atoms with Gasteiger partial charge in [-0.2, -0.15) is 0 Å². The number of esters is 2. The fraction of sp³-hybridized carbons (Fsp3) is 0.412. The minimum Gasteiger partial charge on any atom is -0.469 e. The molecule has 1 aromatic rings. The molecule has 2 atom stereocenters. The summed E-state index contributed by atoms with van der Waals surface area (Å²) in [5.41, 5.74) is 1.37. The van der Waals surface area contributed by atoms with Gasteiger partial charge in [-0.3, -0.25) is 4.79 Å². The fourth-order valence-corrected chi connectivity index (χ4v) is 2.57. The van der Waals surface area contributed by atoms with Crippen LogP contribution in [0.2, 0.25) is 0 Å². The Balaban J connectivity index is 1.99. The average Bonchev–Trinajstić information content (AvgIpc) is 2.59. The van der Waals surface area contributed by atoms with Crippen molar-refractivity contribution < 1.29 is 19.1 Å². The largest absolute Gasteiger partial charge is 0.469 e. The molecule has 1 aromatic carbocycles. The number of hydrogen-bond acceptors (Lipinski definition) is 5. The predicted octanol–water partition coefficient (Wildman–Crippen LogP) is 2.03. The van der Waals surface area contributed by atoms with Crippen molar-refractivity contribution in [2.24, 2.45) is 5.92 Å². The molecule has 0 spiro atoms. The zero-order chi connectivity index (χ0) is 15.9. The lowest BCUT2D eigenvalue weighted by Gasteiger charge is -2.26. The number of piperidine rings is 1. The van der Waals surface area contributed by atoms with E-state index in [-0.39, 0.29) is 23.9 Å². The van der Waals surface area contributed by atoms with Gasteiger partial charge in [0.05, 0.1) is 25.7 Å². The summed E-state index contributed by atoms with van der Waals surface area (Å²) in [6.07, 6.45) is 5.60. The molecule has 1 fully saturated rings. The average molecular weight is 303 g/mol. The van der Waals surface area contributed by atoms with Crippen molar-refractivity contribution in [1.82, 2.24) is 5.32 Å². The van der Waals surface area contributed by atoms with Gasteiger partial charge in [0, 0.05) is 12.6 Å². The van der Waals surface area contributed by atoms with Gasteiger partial charge in [-0.15, -0.1) is 0 Å². The molecule has 0 radical (unpaired) electrons. The summed E-state index contributed by atoms with van der Waals surface area (Å²) in [5, 5.41) is 3.31. The standard InChI is InChI=1S/C17H21NO4/c1-21-16(19)13-8-10-14(18-11-13)9-7-12-5-3-4-6-15(12)17(20)22-2/h3-7,9,13-14,18H,8,10-11H2,1-2H3/b9-7+. The van der Waals surface area contributed by atoms with Gasteiger partial charge in [0.2, 0.25) is 0 Å². The number of carbonyl (C=O) groups excluding carboxylic acids is 2. The molecular weight excluding hydrogens is 282 g/mol. The molecule has 1 aliphatic rings. The smallest absolute Gasteiger partial charge is 0.338 e. The Morgan fingerprint density at radius 3 is 2.59 bits per heavy atom. The predicted molar refractivity (Wildman–Crippen MR) is 83.3 cm³/mol. The van der Waals surface area contributed by atoms with E-state index in [2.05, 4.69) is 5.32 Å². The van der Waals surface area contributed by atoms with Crippen LogP contribution in [0.25, 0.3) is 6.08 Å². The molecule has 0 bridgehead atoms. The third-order valence-electron chi connectivity index (χ3n) is 3.86. The number of nitrogens with one attached hydrogen (secondary N) is 1. The first-order chi connectivity index (χ1) is 10.7. The summed E-state index contributed by atoms with van der Waals surface area (Å²) in [6.45, 7) is 0.611. The van der Waals surface area contributed by atoms with Crippen LogP contribution in [-0.4, -0.2) is 38.7 Å². The van der Waals surface area contributed by atoms with E-state index in [0.29, 0.717) is 12.1 Å². The normalized spacial score (nSPS) is 21.5. The first-order valence-corrected chi connectivity index (χ1v) is 7.32. The first-order valence-electron chi connectivity index (χ1n) is 7.32. The van der Waals surface area contributed by atoms with Crippen LogP contribution in [0, 0.1) is 5.92 Å². The maximum atomic E-state index is 11.7. The molecule has 1 N–H and O–H groups in total. The molecule has 0 saturated carbocycles. The Kier molecular flexibility index (Phi) is 5.72. The molecule has 0 aliphatic carbocycles. The lowest BCUT2D eigenvalue weighted by atomic mass is 9.94. The highest BCUT2D eigenvalue weighted by Gasteiger charge is 2.25. The van der Waals surface area contributed by atoms with Crippen LogP contribution in [0.3, 0.4) is 0 Å². The molecular formula is C17H21NO4. The Morgan fingerprint density at radius 2 is 1.95 bits per heavy atom. The Labute approximate surface area is 130 Å². The van der Waals surface area contributed by atoms with E-state index in [9.17, 15) is 9.59 Å². The first kappa shape index (κ1) is 16.2. The van der Waals surface area contributed by atoms with Crippen LogP contribution >= 0.6 is 0 Å². The molecule has 0 amide bonds. The number of carbonyl (C=O) groups is 2. The van der Waals surface area contributed by atoms with Gasteiger partial charge < -0.3 is 14.8 Å². The maximum absolute atomic E-state index is 11.7. The second-order valence-corrected chi connectivity index (χ2v) is 5.25. The van der Waals surface area contributed by atoms with Gasteiger partial charge in [0.1, 0.15) is 0 Å². The van der Waals surface area contributed by atoms with Crippen LogP contribution in [0.15, 0.2) is 30.3 Å². The van der Waals surface area contributed by atoms with Crippen molar-refractivity contribution in [2.75, 3.05) is 20.8 Å². The molecule has 5 heteroatoms. The number of methoxy groups -OCH3 is 2. The van der Waals surface area contributed by atoms with Crippen LogP contribution in [-0.2, 0) is 14.3 Å². The SMILES string of the molecule is COC(=O)c1ccccc1/C=C/C1CCC(C(=O)OC)CN1. The number of hydrogen-bond donors (Lipinski definition) is 1. The third-order valence-corrected chi connectivity index (χ3v) is 3.86. The monoisotopic (exact) mass is 303 g/mol. The summed E-state index contributed by atoms with van der Waals surface area (Å²) in [6, 6.07) is 7.50. The lowest BCUT2D eigenvalue weighted by molar-refractivity contribution is -0.146. The highest BCUT2D eigenvalue weighted by molar-refractivity contribution is 5.93. The van der Waals surface area contributed by atoms with Crippen molar-refractivity contribution in [3.05, 3.63) is 41.5 Å². The van der Waals surface area contributed by atoms with E-state index < -0.39 is 0 Å². The van der Waals surface area contributed by atoms with E-state index >= 15 is 0 Å². The molecule has 1 heterocycles. The van der Waals surface area contributed by atoms with Crippen molar-refractivity contribution in [3.63, 3.8) is 0 Å². The maximum Gasteiger partial charge on any atom is 0.338 e. The summed E-state index contributed by atoms with van der Waals surface area (Å²) < 4.78 is 9.54. The molecule has 118 valence electrons. The molecule has 1 saturated heterocycles. The summed E-state index contributed by atoms with van der Waals surface area (Å²) in [4.78, 5) is 23.2. The van der Waals surface area contributed by atoms with Crippen LogP contribution < -0.4 is 5.32 Å². The molecule has 0 aromatic heterocycles. The lowest BCUT2D eigenvalue weighted by Crippen LogP contribution is -2.40. The molecule has 2 unspecified atom stereocenters. The third kappa shape index (κ3) is 3.95. The number of ether oxygens (including phenoxy) is 2. The molecule has 1 aliphatic heterocycles. The zero-order valence-electron chi connectivity index (χ0n) is 12.9. The van der Waals surface area contributed by atoms with Gasteiger partial charge in [0.15, 0.2) is 0 Å². The van der Waals surface area contributed by atoms with Crippen LogP contribution in [0.4, 0.5) is 0 Å². The summed E-state index contributed by atoms with van der Waals surface area (Å²) in [5.74, 6) is -0.578. The van der Waals surface area contributed by atoms with Gasteiger partial charge in [-0.1, -0.05) is 30.4 Å². The Bertz CT molecular complexity index is 560. The van der Waals surface area contributed by atoms with Gasteiger partial charge in [-0.05, 0) is 24.5 Å². The van der Waals surface area contributed by atoms with Gasteiger partial charge in [0.25, 0.3) is 0 Å². The Morgan fingerprint density at radius 1 is 1.18 bits per heavy atom. The van der Waals surface area contributed by atoms with Crippen LogP contribution in [0.5, 0.6) is 0 Å². The van der Waals surface area contributed by atoms with E-state index in [0.717, 1.165) is 18.4 Å². The van der Waals surface area contributed by atoms with E-state index in [1.807, 2.05) is 30.4 Å². The highest BCUT2D eigenvalue weighted by atomic mass is 16.5. The molecule has 2 rings (SSSR count). The zero-order valence-corrected chi connectivity index (χ0v) is 12.9. The number of benzene rings is 1. The fourth-order valence-electron chi connectivity index (χ4n) is 2.57. The van der Waals surface area contributed by atoms with Crippen molar-refractivity contribution >= 4 is 18.0 Å². The van der Waals surface area contributed by atoms with Crippen molar-refractivity contribution in [1.29, 1.82) is 0 Å². The second-order valence-electron chi connectivity index (χ2n) is 5.25. The minimum atomic E-state index is -0.345. The van der Waals surface area contributed by atoms with Crippen molar-refractivity contribution in [3.8, 4) is 0 Å². The summed E-state index contributed by atoms with van der Waals surface area (Å²) >= 11 is 0. The quantitative estimate of drug-likeness (QED) is 0.862.